The Kier molecular flexibility index (Phi) is 7.11. The van der Waals surface area contributed by atoms with Crippen LogP contribution in [-0.2, 0) is 16.6 Å². The van der Waals surface area contributed by atoms with E-state index in [0.717, 1.165) is 37.9 Å². The molecule has 0 amide bonds. The standard InChI is InChI=1S/C24H34N8O3S/c1-3-31-15-26-21-22(29-24(30-23(21)31)28-18-4-8-19(33)9-5-18)27-17-6-10-20(11-7-17)36(34,35)32-13-12-25-14-16(32)2/h6-7,10-11,15-16,18-19,25,33H,3-5,8-9,12-14H2,1-2H3,(H2,27,28,29,30)/t16?,18-,19-. The van der Waals surface area contributed by atoms with Crippen LogP contribution in [0.25, 0.3) is 11.2 Å². The number of nitrogens with zero attached hydrogens (tertiary/aromatic N) is 5. The third-order valence-corrected chi connectivity index (χ3v) is 9.03. The Morgan fingerprint density at radius 2 is 1.89 bits per heavy atom. The van der Waals surface area contributed by atoms with Crippen molar-refractivity contribution in [3.05, 3.63) is 30.6 Å². The molecule has 1 unspecified atom stereocenters. The van der Waals surface area contributed by atoms with E-state index in [4.69, 9.17) is 9.97 Å². The van der Waals surface area contributed by atoms with Gasteiger partial charge >= 0.3 is 0 Å². The molecule has 1 aromatic carbocycles. The van der Waals surface area contributed by atoms with Gasteiger partial charge in [0.05, 0.1) is 17.3 Å². The SMILES string of the molecule is CCn1cnc2c(Nc3ccc(S(=O)(=O)N4CCNCC4C)cc3)nc(N[C@H]3CC[C@H](O)CC3)nc21. The van der Waals surface area contributed by atoms with Crippen molar-refractivity contribution in [2.24, 2.45) is 0 Å². The van der Waals surface area contributed by atoms with Crippen LogP contribution in [0.4, 0.5) is 17.5 Å². The Morgan fingerprint density at radius 3 is 2.58 bits per heavy atom. The molecular weight excluding hydrogens is 480 g/mol. The first-order valence-corrected chi connectivity index (χ1v) is 14.1. The molecule has 2 aromatic heterocycles. The molecule has 3 heterocycles. The monoisotopic (exact) mass is 514 g/mol. The number of hydrogen-bond donors (Lipinski definition) is 4. The van der Waals surface area contributed by atoms with E-state index >= 15 is 0 Å². The fraction of sp³-hybridized carbons (Fsp3) is 0.542. The minimum Gasteiger partial charge on any atom is -0.393 e. The van der Waals surface area contributed by atoms with E-state index in [1.54, 1.807) is 34.9 Å². The van der Waals surface area contributed by atoms with Crippen LogP contribution >= 0.6 is 0 Å². The van der Waals surface area contributed by atoms with Crippen molar-refractivity contribution in [2.75, 3.05) is 30.3 Å². The summed E-state index contributed by atoms with van der Waals surface area (Å²) in [7, 11) is -3.57. The van der Waals surface area contributed by atoms with Gasteiger partial charge in [0.2, 0.25) is 16.0 Å². The molecule has 36 heavy (non-hydrogen) atoms. The lowest BCUT2D eigenvalue weighted by molar-refractivity contribution is 0.126. The maximum absolute atomic E-state index is 13.2. The number of rotatable bonds is 7. The van der Waals surface area contributed by atoms with Gasteiger partial charge in [0.15, 0.2) is 17.0 Å². The number of sulfonamides is 1. The number of aromatic nitrogens is 4. The topological polar surface area (TPSA) is 137 Å². The van der Waals surface area contributed by atoms with Crippen molar-refractivity contribution < 1.29 is 13.5 Å². The summed E-state index contributed by atoms with van der Waals surface area (Å²) in [4.78, 5) is 14.2. The van der Waals surface area contributed by atoms with E-state index in [2.05, 4.69) is 20.9 Å². The summed E-state index contributed by atoms with van der Waals surface area (Å²) in [6.45, 7) is 6.41. The highest BCUT2D eigenvalue weighted by atomic mass is 32.2. The van der Waals surface area contributed by atoms with Crippen LogP contribution < -0.4 is 16.0 Å². The smallest absolute Gasteiger partial charge is 0.243 e. The molecular formula is C24H34N8O3S. The molecule has 1 atom stereocenters. The lowest BCUT2D eigenvalue weighted by Crippen LogP contribution is -2.52. The van der Waals surface area contributed by atoms with Crippen molar-refractivity contribution in [1.82, 2.24) is 29.1 Å². The third-order valence-electron chi connectivity index (χ3n) is 7.00. The molecule has 11 nitrogen and oxygen atoms in total. The Balaban J connectivity index is 1.39. The number of aliphatic hydroxyl groups excluding tert-OH is 1. The number of aliphatic hydroxyl groups is 1. The number of piperazine rings is 1. The van der Waals surface area contributed by atoms with Crippen LogP contribution in [0.1, 0.15) is 39.5 Å². The van der Waals surface area contributed by atoms with Crippen molar-refractivity contribution in [3.8, 4) is 0 Å². The minimum atomic E-state index is -3.57. The zero-order chi connectivity index (χ0) is 25.3. The maximum Gasteiger partial charge on any atom is 0.243 e. The van der Waals surface area contributed by atoms with Crippen LogP contribution in [0, 0.1) is 0 Å². The number of nitrogens with one attached hydrogen (secondary N) is 3. The number of anilines is 3. The average Bonchev–Trinajstić information content (AvgIpc) is 3.29. The van der Waals surface area contributed by atoms with Gasteiger partial charge in [0, 0.05) is 44.0 Å². The van der Waals surface area contributed by atoms with Gasteiger partial charge in [-0.2, -0.15) is 14.3 Å². The molecule has 5 rings (SSSR count). The van der Waals surface area contributed by atoms with Gasteiger partial charge in [-0.15, -0.1) is 0 Å². The van der Waals surface area contributed by atoms with Gasteiger partial charge in [-0.1, -0.05) is 0 Å². The number of fused-ring (bicyclic) bond motifs is 1. The number of aryl methyl sites for hydroxylation is 1. The van der Waals surface area contributed by atoms with Crippen LogP contribution in [0.15, 0.2) is 35.5 Å². The normalized spacial score (nSPS) is 23.6. The van der Waals surface area contributed by atoms with Gasteiger partial charge < -0.3 is 25.6 Å². The summed E-state index contributed by atoms with van der Waals surface area (Å²) in [5, 5.41) is 19.8. The first-order valence-electron chi connectivity index (χ1n) is 12.6. The number of hydrogen-bond acceptors (Lipinski definition) is 9. The third kappa shape index (κ3) is 5.03. The van der Waals surface area contributed by atoms with E-state index < -0.39 is 10.0 Å². The zero-order valence-corrected chi connectivity index (χ0v) is 21.5. The van der Waals surface area contributed by atoms with Crippen molar-refractivity contribution in [3.63, 3.8) is 0 Å². The Morgan fingerprint density at radius 1 is 1.14 bits per heavy atom. The molecule has 2 fully saturated rings. The second-order valence-electron chi connectivity index (χ2n) is 9.57. The molecule has 1 aliphatic heterocycles. The van der Waals surface area contributed by atoms with Gasteiger partial charge in [-0.05, 0) is 63.8 Å². The highest BCUT2D eigenvalue weighted by Crippen LogP contribution is 2.28. The average molecular weight is 515 g/mol. The summed E-state index contributed by atoms with van der Waals surface area (Å²) < 4.78 is 29.8. The predicted octanol–water partition coefficient (Wildman–Crippen LogP) is 2.29. The van der Waals surface area contributed by atoms with Crippen LogP contribution in [0.5, 0.6) is 0 Å². The summed E-state index contributed by atoms with van der Waals surface area (Å²) >= 11 is 0. The molecule has 2 aliphatic rings. The van der Waals surface area contributed by atoms with Crippen molar-refractivity contribution >= 4 is 38.6 Å². The van der Waals surface area contributed by atoms with E-state index in [-0.39, 0.29) is 23.1 Å². The number of benzene rings is 1. The highest BCUT2D eigenvalue weighted by molar-refractivity contribution is 7.89. The summed E-state index contributed by atoms with van der Waals surface area (Å²) in [6, 6.07) is 6.86. The second-order valence-corrected chi connectivity index (χ2v) is 11.5. The van der Waals surface area contributed by atoms with Crippen LogP contribution in [0.2, 0.25) is 0 Å². The molecule has 1 aliphatic carbocycles. The van der Waals surface area contributed by atoms with Crippen molar-refractivity contribution in [2.45, 2.75) is 69.2 Å². The maximum atomic E-state index is 13.2. The molecule has 0 radical (unpaired) electrons. The lowest BCUT2D eigenvalue weighted by atomic mass is 9.93. The Labute approximate surface area is 211 Å². The first kappa shape index (κ1) is 24.9. The van der Waals surface area contributed by atoms with Gasteiger partial charge in [0.1, 0.15) is 0 Å². The van der Waals surface area contributed by atoms with E-state index in [9.17, 15) is 13.5 Å². The molecule has 0 spiro atoms. The molecule has 1 saturated heterocycles. The molecule has 4 N–H and O–H groups in total. The van der Waals surface area contributed by atoms with E-state index in [1.807, 2.05) is 18.4 Å². The van der Waals surface area contributed by atoms with Crippen LogP contribution in [0.3, 0.4) is 0 Å². The summed E-state index contributed by atoms with van der Waals surface area (Å²) in [6.07, 6.45) is 4.77. The van der Waals surface area contributed by atoms with Gasteiger partial charge in [0.25, 0.3) is 0 Å². The molecule has 12 heteroatoms. The fourth-order valence-electron chi connectivity index (χ4n) is 4.89. The molecule has 0 bridgehead atoms. The van der Waals surface area contributed by atoms with Crippen molar-refractivity contribution in [1.29, 1.82) is 0 Å². The molecule has 1 saturated carbocycles. The van der Waals surface area contributed by atoms with Gasteiger partial charge in [-0.3, -0.25) is 0 Å². The Bertz CT molecular complexity index is 1300. The number of imidazole rings is 1. The highest BCUT2D eigenvalue weighted by Gasteiger charge is 2.30. The van der Waals surface area contributed by atoms with E-state index in [0.29, 0.717) is 42.6 Å². The molecule has 3 aromatic rings. The van der Waals surface area contributed by atoms with E-state index in [1.165, 1.54) is 0 Å². The largest absolute Gasteiger partial charge is 0.393 e. The Hall–Kier alpha value is -2.80. The zero-order valence-electron chi connectivity index (χ0n) is 20.7. The lowest BCUT2D eigenvalue weighted by Gasteiger charge is -2.32. The summed E-state index contributed by atoms with van der Waals surface area (Å²) in [5.74, 6) is 1.06. The molecule has 194 valence electrons. The van der Waals surface area contributed by atoms with Crippen LogP contribution in [-0.4, -0.2) is 75.2 Å². The second kappa shape index (κ2) is 10.3. The first-order chi connectivity index (χ1) is 17.3. The summed E-state index contributed by atoms with van der Waals surface area (Å²) in [5.41, 5.74) is 2.08. The predicted molar refractivity (Wildman–Crippen MR) is 139 cm³/mol. The quantitative estimate of drug-likeness (QED) is 0.374. The van der Waals surface area contributed by atoms with Gasteiger partial charge in [-0.25, -0.2) is 13.4 Å². The minimum absolute atomic E-state index is 0.0946. The fourth-order valence-corrected chi connectivity index (χ4v) is 6.52.